The van der Waals surface area contributed by atoms with Crippen molar-refractivity contribution in [3.05, 3.63) is 52.5 Å². The van der Waals surface area contributed by atoms with Gasteiger partial charge in [0.25, 0.3) is 10.0 Å². The molecule has 3 aromatic rings. The van der Waals surface area contributed by atoms with E-state index < -0.39 is 10.0 Å². The van der Waals surface area contributed by atoms with E-state index in [1.165, 1.54) is 12.5 Å². The lowest BCUT2D eigenvalue weighted by molar-refractivity contribution is 0.568. The molecule has 4 rings (SSSR count). The molecule has 0 unspecified atom stereocenters. The van der Waals surface area contributed by atoms with Gasteiger partial charge in [-0.3, -0.25) is 4.72 Å². The first-order valence-corrected chi connectivity index (χ1v) is 12.3. The summed E-state index contributed by atoms with van der Waals surface area (Å²) < 4.78 is 28.0. The fourth-order valence-corrected chi connectivity index (χ4v) is 5.81. The molecule has 0 bridgehead atoms. The summed E-state index contributed by atoms with van der Waals surface area (Å²) in [6.07, 6.45) is 3.58. The summed E-state index contributed by atoms with van der Waals surface area (Å²) in [4.78, 5) is 11.4. The molecule has 0 spiro atoms. The second-order valence-corrected chi connectivity index (χ2v) is 10.7. The van der Waals surface area contributed by atoms with Crippen molar-refractivity contribution in [1.82, 2.24) is 9.97 Å². The van der Waals surface area contributed by atoms with Gasteiger partial charge in [0, 0.05) is 36.2 Å². The second-order valence-electron chi connectivity index (χ2n) is 7.11. The summed E-state index contributed by atoms with van der Waals surface area (Å²) in [5.41, 5.74) is 2.17. The molecule has 1 fully saturated rings. The molecule has 2 N–H and O–H groups in total. The van der Waals surface area contributed by atoms with Crippen molar-refractivity contribution in [2.45, 2.75) is 30.4 Å². The minimum Gasteiger partial charge on any atom is -0.341 e. The van der Waals surface area contributed by atoms with Gasteiger partial charge < -0.3 is 10.2 Å². The SMILES string of the molecule is Cc1cc(Nc2ccc(NS(=O)(=O)c3ccc(Cl)s3)cc2)nc(N2CCCCC2)n1. The molecular weight excluding hydrogens is 442 g/mol. The number of aryl methyl sites for hydroxylation is 1. The third kappa shape index (κ3) is 5.03. The fraction of sp³-hybridized carbons (Fsp3) is 0.300. The smallest absolute Gasteiger partial charge is 0.271 e. The van der Waals surface area contributed by atoms with E-state index >= 15 is 0 Å². The van der Waals surface area contributed by atoms with Crippen molar-refractivity contribution in [3.63, 3.8) is 0 Å². The first-order valence-electron chi connectivity index (χ1n) is 9.65. The van der Waals surface area contributed by atoms with E-state index in [4.69, 9.17) is 11.6 Å². The van der Waals surface area contributed by atoms with Crippen molar-refractivity contribution in [3.8, 4) is 0 Å². The van der Waals surface area contributed by atoms with E-state index in [9.17, 15) is 8.42 Å². The maximum atomic E-state index is 12.4. The van der Waals surface area contributed by atoms with Crippen LogP contribution < -0.4 is 14.9 Å². The van der Waals surface area contributed by atoms with Gasteiger partial charge >= 0.3 is 0 Å². The fourth-order valence-electron chi connectivity index (χ4n) is 3.27. The van der Waals surface area contributed by atoms with E-state index in [1.54, 1.807) is 30.3 Å². The summed E-state index contributed by atoms with van der Waals surface area (Å²) in [7, 11) is -3.65. The predicted octanol–water partition coefficient (Wildman–Crippen LogP) is 5.03. The Morgan fingerprint density at radius 1 is 1.00 bits per heavy atom. The minimum atomic E-state index is -3.65. The number of hydrogen-bond donors (Lipinski definition) is 2. The number of piperidine rings is 1. The van der Waals surface area contributed by atoms with Crippen LogP contribution in [0.15, 0.2) is 46.7 Å². The molecular formula is C20H22ClN5O2S2. The number of anilines is 4. The third-order valence-corrected chi connectivity index (χ3v) is 7.81. The van der Waals surface area contributed by atoms with Gasteiger partial charge in [0.2, 0.25) is 5.95 Å². The lowest BCUT2D eigenvalue weighted by Gasteiger charge is -2.27. The molecule has 158 valence electrons. The average molecular weight is 464 g/mol. The zero-order valence-corrected chi connectivity index (χ0v) is 18.8. The minimum absolute atomic E-state index is 0.177. The van der Waals surface area contributed by atoms with Crippen LogP contribution in [0.3, 0.4) is 0 Å². The van der Waals surface area contributed by atoms with Gasteiger partial charge in [0.1, 0.15) is 10.0 Å². The van der Waals surface area contributed by atoms with Gasteiger partial charge in [0.15, 0.2) is 0 Å². The molecule has 0 aliphatic carbocycles. The van der Waals surface area contributed by atoms with Crippen LogP contribution in [0.4, 0.5) is 23.1 Å². The van der Waals surface area contributed by atoms with E-state index in [1.807, 2.05) is 13.0 Å². The highest BCUT2D eigenvalue weighted by molar-refractivity contribution is 7.94. The number of sulfonamides is 1. The number of benzene rings is 1. The zero-order valence-electron chi connectivity index (χ0n) is 16.4. The van der Waals surface area contributed by atoms with E-state index in [0.29, 0.717) is 15.8 Å². The number of aromatic nitrogens is 2. The Balaban J connectivity index is 1.46. The van der Waals surface area contributed by atoms with Gasteiger partial charge in [-0.1, -0.05) is 11.6 Å². The zero-order chi connectivity index (χ0) is 21.1. The molecule has 1 aliphatic rings. The van der Waals surface area contributed by atoms with Crippen molar-refractivity contribution in [2.24, 2.45) is 0 Å². The standard InChI is InChI=1S/C20H22ClN5O2S2/c1-14-13-18(24-20(22-14)26-11-3-2-4-12-26)23-15-5-7-16(8-6-15)25-30(27,28)19-10-9-17(21)29-19/h5-10,13,25H,2-4,11-12H2,1H3,(H,22,23,24). The predicted molar refractivity (Wildman–Crippen MR) is 123 cm³/mol. The second kappa shape index (κ2) is 8.79. The van der Waals surface area contributed by atoms with Gasteiger partial charge in [0.05, 0.1) is 4.34 Å². The van der Waals surface area contributed by atoms with Crippen LogP contribution in [-0.2, 0) is 10.0 Å². The lowest BCUT2D eigenvalue weighted by Crippen LogP contribution is -2.31. The molecule has 10 heteroatoms. The molecule has 0 radical (unpaired) electrons. The molecule has 0 atom stereocenters. The van der Waals surface area contributed by atoms with Crippen LogP contribution in [-0.4, -0.2) is 31.5 Å². The molecule has 0 saturated carbocycles. The van der Waals surface area contributed by atoms with Gasteiger partial charge in [-0.25, -0.2) is 13.4 Å². The molecule has 0 amide bonds. The summed E-state index contributed by atoms with van der Waals surface area (Å²) in [6, 6.07) is 12.0. The number of rotatable bonds is 6. The first kappa shape index (κ1) is 20.9. The van der Waals surface area contributed by atoms with Crippen LogP contribution in [0.25, 0.3) is 0 Å². The molecule has 1 aliphatic heterocycles. The topological polar surface area (TPSA) is 87.2 Å². The average Bonchev–Trinajstić information content (AvgIpc) is 3.17. The number of thiophene rings is 1. The Labute approximate surface area is 185 Å². The highest BCUT2D eigenvalue weighted by Gasteiger charge is 2.17. The normalized spacial score (nSPS) is 14.5. The molecule has 30 heavy (non-hydrogen) atoms. The van der Waals surface area contributed by atoms with Crippen LogP contribution in [0.2, 0.25) is 4.34 Å². The molecule has 1 aromatic carbocycles. The Morgan fingerprint density at radius 2 is 1.70 bits per heavy atom. The molecule has 7 nitrogen and oxygen atoms in total. The number of hydrogen-bond acceptors (Lipinski definition) is 7. The van der Waals surface area contributed by atoms with Crippen LogP contribution in [0, 0.1) is 6.92 Å². The van der Waals surface area contributed by atoms with Gasteiger partial charge in [-0.2, -0.15) is 4.98 Å². The summed E-state index contributed by atoms with van der Waals surface area (Å²) in [5, 5.41) is 3.28. The molecule has 3 heterocycles. The Bertz CT molecular complexity index is 1130. The summed E-state index contributed by atoms with van der Waals surface area (Å²) >= 11 is 6.86. The Hall–Kier alpha value is -2.36. The summed E-state index contributed by atoms with van der Waals surface area (Å²) in [6.45, 7) is 3.91. The van der Waals surface area contributed by atoms with Crippen LogP contribution in [0.1, 0.15) is 25.0 Å². The Morgan fingerprint density at radius 3 is 2.37 bits per heavy atom. The highest BCUT2D eigenvalue weighted by Crippen LogP contribution is 2.28. The van der Waals surface area contributed by atoms with Crippen molar-refractivity contribution in [1.29, 1.82) is 0 Å². The maximum absolute atomic E-state index is 12.4. The maximum Gasteiger partial charge on any atom is 0.271 e. The number of halogens is 1. The monoisotopic (exact) mass is 463 g/mol. The Kier molecular flexibility index (Phi) is 6.12. The van der Waals surface area contributed by atoms with Crippen molar-refractivity contribution >= 4 is 56.1 Å². The quantitative estimate of drug-likeness (QED) is 0.532. The number of nitrogens with zero attached hydrogens (tertiary/aromatic N) is 3. The van der Waals surface area contributed by atoms with E-state index in [-0.39, 0.29) is 4.21 Å². The van der Waals surface area contributed by atoms with Crippen molar-refractivity contribution < 1.29 is 8.42 Å². The summed E-state index contributed by atoms with van der Waals surface area (Å²) in [5.74, 6) is 1.46. The lowest BCUT2D eigenvalue weighted by atomic mass is 10.1. The van der Waals surface area contributed by atoms with Gasteiger partial charge in [-0.15, -0.1) is 11.3 Å². The molecule has 1 saturated heterocycles. The van der Waals surface area contributed by atoms with Crippen LogP contribution >= 0.6 is 22.9 Å². The van der Waals surface area contributed by atoms with E-state index in [2.05, 4.69) is 24.9 Å². The number of nitrogens with one attached hydrogen (secondary N) is 2. The first-order chi connectivity index (χ1) is 14.4. The molecule has 2 aromatic heterocycles. The van der Waals surface area contributed by atoms with Crippen LogP contribution in [0.5, 0.6) is 0 Å². The third-order valence-electron chi connectivity index (χ3n) is 4.70. The van der Waals surface area contributed by atoms with Crippen molar-refractivity contribution in [2.75, 3.05) is 28.0 Å². The van der Waals surface area contributed by atoms with E-state index in [0.717, 1.165) is 54.6 Å². The highest BCUT2D eigenvalue weighted by atomic mass is 35.5. The largest absolute Gasteiger partial charge is 0.341 e. The van der Waals surface area contributed by atoms with Gasteiger partial charge in [-0.05, 0) is 62.6 Å².